The number of ether oxygens (including phenoxy) is 8. The summed E-state index contributed by atoms with van der Waals surface area (Å²) in [6.45, 7) is -2.59. The van der Waals surface area contributed by atoms with Gasteiger partial charge < -0.3 is 110 Å². The van der Waals surface area contributed by atoms with Crippen LogP contribution in [-0.4, -0.2) is 229 Å². The van der Waals surface area contributed by atoms with E-state index in [0.717, 1.165) is 12.8 Å². The zero-order valence-corrected chi connectivity index (χ0v) is 28.3. The molecule has 12 unspecified atom stereocenters. The molecule has 0 spiro atoms. The number of hydrogen-bond donors (Lipinski definition) is 14. The summed E-state index contributed by atoms with van der Waals surface area (Å²) in [4.78, 5) is 0. The first-order chi connectivity index (χ1) is 24.8. The van der Waals surface area contributed by atoms with Gasteiger partial charge in [-0.3, -0.25) is 0 Å². The molecule has 4 saturated heterocycles. The summed E-state index contributed by atoms with van der Waals surface area (Å²) in [5.41, 5.74) is 5.48. The first kappa shape index (κ1) is 43.8. The molecule has 0 radical (unpaired) electrons. The van der Waals surface area contributed by atoms with E-state index in [-0.39, 0.29) is 6.61 Å². The summed E-state index contributed by atoms with van der Waals surface area (Å²) in [6, 6.07) is 0. The molecule has 4 fully saturated rings. The van der Waals surface area contributed by atoms with Crippen molar-refractivity contribution in [2.45, 2.75) is 149 Å². The highest BCUT2D eigenvalue weighted by molar-refractivity contribution is 4.96. The normalized spacial score (nSPS) is 47.7. The Hall–Kier alpha value is -0.880. The van der Waals surface area contributed by atoms with Crippen LogP contribution in [0.3, 0.4) is 0 Å². The van der Waals surface area contributed by atoms with Crippen molar-refractivity contribution in [3.05, 3.63) is 0 Å². The van der Waals surface area contributed by atoms with Gasteiger partial charge in [0.1, 0.15) is 91.6 Å². The predicted octanol–water partition coefficient (Wildman–Crippen LogP) is -8.21. The Bertz CT molecular complexity index is 1030. The molecule has 0 aromatic carbocycles. The minimum Gasteiger partial charge on any atom is -0.394 e. The summed E-state index contributed by atoms with van der Waals surface area (Å²) in [7, 11) is 0. The van der Waals surface area contributed by atoms with Crippen molar-refractivity contribution in [3.63, 3.8) is 0 Å². The van der Waals surface area contributed by atoms with Crippen LogP contribution in [0.5, 0.6) is 0 Å². The molecule has 0 aromatic heterocycles. The van der Waals surface area contributed by atoms with Crippen molar-refractivity contribution in [2.75, 3.05) is 39.6 Å². The molecule has 22 nitrogen and oxygen atoms in total. The molecule has 4 aliphatic heterocycles. The molecule has 15 N–H and O–H groups in total. The molecular formula is C30H55NO21. The van der Waals surface area contributed by atoms with Crippen molar-refractivity contribution < 1.29 is 104 Å². The van der Waals surface area contributed by atoms with Crippen LogP contribution in [0.25, 0.3) is 0 Å². The second-order valence-electron chi connectivity index (χ2n) is 13.2. The number of rotatable bonds is 16. The van der Waals surface area contributed by atoms with Crippen molar-refractivity contribution in [1.82, 2.24) is 0 Å². The molecule has 4 rings (SSSR count). The van der Waals surface area contributed by atoms with Gasteiger partial charge in [-0.1, -0.05) is 0 Å². The van der Waals surface area contributed by atoms with E-state index < -0.39 is 156 Å². The molecule has 52 heavy (non-hydrogen) atoms. The lowest BCUT2D eigenvalue weighted by atomic mass is 9.96. The second kappa shape index (κ2) is 20.3. The summed E-state index contributed by atoms with van der Waals surface area (Å²) < 4.78 is 44.8. The maximum absolute atomic E-state index is 11.0. The Balaban J connectivity index is 1.41. The van der Waals surface area contributed by atoms with Gasteiger partial charge in [0.2, 0.25) is 0 Å². The fraction of sp³-hybridized carbons (Fsp3) is 1.00. The van der Waals surface area contributed by atoms with Crippen LogP contribution < -0.4 is 5.73 Å². The highest BCUT2D eigenvalue weighted by atomic mass is 16.8. The fourth-order valence-corrected chi connectivity index (χ4v) is 6.49. The Kier molecular flexibility index (Phi) is 17.1. The lowest BCUT2D eigenvalue weighted by Crippen LogP contribution is -2.65. The zero-order valence-electron chi connectivity index (χ0n) is 28.3. The van der Waals surface area contributed by atoms with Gasteiger partial charge >= 0.3 is 0 Å². The monoisotopic (exact) mass is 765 g/mol. The van der Waals surface area contributed by atoms with E-state index in [1.807, 2.05) is 0 Å². The topological polar surface area (TPSA) is 363 Å². The quantitative estimate of drug-likeness (QED) is 0.0649. The molecule has 0 saturated carbocycles. The molecule has 0 aliphatic carbocycles. The highest BCUT2D eigenvalue weighted by Gasteiger charge is 2.53. The summed E-state index contributed by atoms with van der Waals surface area (Å²) in [6.07, 6.45) is -31.6. The second-order valence-corrected chi connectivity index (χ2v) is 13.2. The van der Waals surface area contributed by atoms with E-state index in [2.05, 4.69) is 0 Å². The van der Waals surface area contributed by atoms with Crippen LogP contribution in [0.2, 0.25) is 0 Å². The van der Waals surface area contributed by atoms with Crippen molar-refractivity contribution >= 4 is 0 Å². The molecule has 306 valence electrons. The van der Waals surface area contributed by atoms with Crippen LogP contribution >= 0.6 is 0 Å². The van der Waals surface area contributed by atoms with Gasteiger partial charge in [-0.2, -0.15) is 0 Å². The molecule has 0 amide bonds. The van der Waals surface area contributed by atoms with Crippen molar-refractivity contribution in [3.8, 4) is 0 Å². The van der Waals surface area contributed by atoms with Gasteiger partial charge in [0.15, 0.2) is 25.2 Å². The molecule has 20 atom stereocenters. The minimum atomic E-state index is -2.00. The fourth-order valence-electron chi connectivity index (χ4n) is 6.49. The van der Waals surface area contributed by atoms with Crippen LogP contribution in [0, 0.1) is 0 Å². The van der Waals surface area contributed by atoms with Crippen molar-refractivity contribution in [1.29, 1.82) is 0 Å². The number of aliphatic hydroxyl groups is 13. The zero-order chi connectivity index (χ0) is 38.3. The van der Waals surface area contributed by atoms with Crippen LogP contribution in [0.1, 0.15) is 25.7 Å². The summed E-state index contributed by atoms with van der Waals surface area (Å²) >= 11 is 0. The summed E-state index contributed by atoms with van der Waals surface area (Å²) in [5.74, 6) is 0. The number of hydrogen-bond acceptors (Lipinski definition) is 22. The Morgan fingerprint density at radius 1 is 0.442 bits per heavy atom. The van der Waals surface area contributed by atoms with E-state index in [4.69, 9.17) is 43.6 Å². The number of unbranched alkanes of at least 4 members (excludes halogenated alkanes) is 2. The molecule has 22 heteroatoms. The van der Waals surface area contributed by atoms with Gasteiger partial charge in [0.05, 0.1) is 32.5 Å². The minimum absolute atomic E-state index is 0.168. The Labute approximate surface area is 298 Å². The van der Waals surface area contributed by atoms with E-state index in [1.165, 1.54) is 0 Å². The van der Waals surface area contributed by atoms with Gasteiger partial charge in [-0.05, 0) is 25.8 Å². The molecule has 4 aliphatic rings. The predicted molar refractivity (Wildman–Crippen MR) is 165 cm³/mol. The highest BCUT2D eigenvalue weighted by Crippen LogP contribution is 2.34. The first-order valence-corrected chi connectivity index (χ1v) is 17.3. The maximum Gasteiger partial charge on any atom is 0.187 e. The van der Waals surface area contributed by atoms with Gasteiger partial charge in [-0.15, -0.1) is 0 Å². The largest absolute Gasteiger partial charge is 0.394 e. The van der Waals surface area contributed by atoms with E-state index in [1.54, 1.807) is 0 Å². The number of nitrogens with two attached hydrogens (primary N) is 1. The Morgan fingerprint density at radius 2 is 0.885 bits per heavy atom. The molecule has 0 aromatic rings. The molecule has 0 bridgehead atoms. The lowest BCUT2D eigenvalue weighted by molar-refractivity contribution is -0.369. The molecular weight excluding hydrogens is 710 g/mol. The Morgan fingerprint density at radius 3 is 1.44 bits per heavy atom. The third-order valence-electron chi connectivity index (χ3n) is 9.53. The van der Waals surface area contributed by atoms with E-state index >= 15 is 0 Å². The van der Waals surface area contributed by atoms with Crippen LogP contribution in [0.4, 0.5) is 0 Å². The lowest BCUT2D eigenvalue weighted by Gasteiger charge is -2.46. The van der Waals surface area contributed by atoms with Gasteiger partial charge in [0, 0.05) is 13.0 Å². The maximum atomic E-state index is 11.0. The third kappa shape index (κ3) is 10.1. The average Bonchev–Trinajstić information content (AvgIpc) is 3.24. The summed E-state index contributed by atoms with van der Waals surface area (Å²) in [5, 5.41) is 136. The van der Waals surface area contributed by atoms with E-state index in [0.29, 0.717) is 13.0 Å². The smallest absolute Gasteiger partial charge is 0.187 e. The average molecular weight is 766 g/mol. The standard InChI is InChI=1S/C30H55NO21/c31-4-2-1-3-5-45-28-22(43)19(40)25(15(9-34)48-28)51-27-12(37)6-11(36)24(14(8-33)47-27)50-30-23(44)20(41)26(16(10-35)49-30)52-29-21(42)18(39)17(38)13(7-32)46-29/h11-30,32-44H,1-10,31H2/t11?,12?,13?,14?,15?,16?,17-,18?,19?,20?,21?,22?,23?,24-,25-,26-,27-,28-,29+,30-/m1/s1. The van der Waals surface area contributed by atoms with Crippen LogP contribution in [0.15, 0.2) is 0 Å². The molecule has 4 heterocycles. The first-order valence-electron chi connectivity index (χ1n) is 17.3. The third-order valence-corrected chi connectivity index (χ3v) is 9.53. The SMILES string of the molecule is NCCCCCO[C@@H]1OC(CO)[C@@H](O[C@H]2OC(CO)[C@H](O[C@H]3OC(CO)[C@@H](O[C@@H]4OC(CO)[C@@H](O)C(O)C4O)C(O)C3O)C(O)CC2O)C(O)C1O. The van der Waals surface area contributed by atoms with Gasteiger partial charge in [0.25, 0.3) is 0 Å². The van der Waals surface area contributed by atoms with Gasteiger partial charge in [-0.25, -0.2) is 0 Å². The van der Waals surface area contributed by atoms with E-state index in [9.17, 15) is 66.4 Å². The number of aliphatic hydroxyl groups excluding tert-OH is 13. The van der Waals surface area contributed by atoms with Crippen LogP contribution in [-0.2, 0) is 37.9 Å². The van der Waals surface area contributed by atoms with Crippen molar-refractivity contribution in [2.24, 2.45) is 5.73 Å².